The fourth-order valence-corrected chi connectivity index (χ4v) is 4.43. The molecule has 0 aliphatic rings. The van der Waals surface area contributed by atoms with Gasteiger partial charge in [0.2, 0.25) is 0 Å². The van der Waals surface area contributed by atoms with Crippen LogP contribution in [-0.4, -0.2) is 22.1 Å². The Morgan fingerprint density at radius 2 is 1.93 bits per heavy atom. The van der Waals surface area contributed by atoms with Gasteiger partial charge >= 0.3 is 0 Å². The summed E-state index contributed by atoms with van der Waals surface area (Å²) < 4.78 is 14.9. The lowest BCUT2D eigenvalue weighted by Gasteiger charge is -2.20. The van der Waals surface area contributed by atoms with Gasteiger partial charge in [-0.25, -0.2) is 9.37 Å². The molecule has 0 aliphatic carbocycles. The van der Waals surface area contributed by atoms with Crippen molar-refractivity contribution in [2.24, 2.45) is 0 Å². The van der Waals surface area contributed by atoms with Gasteiger partial charge in [-0.2, -0.15) is 0 Å². The molecule has 2 aromatic carbocycles. The molecule has 0 N–H and O–H groups in total. The van der Waals surface area contributed by atoms with Crippen molar-refractivity contribution in [3.8, 4) is 0 Å². The lowest BCUT2D eigenvalue weighted by molar-refractivity contribution is 0.0982. The number of carbonyl (C=O) groups is 1. The van der Waals surface area contributed by atoms with E-state index < -0.39 is 5.82 Å². The lowest BCUT2D eigenvalue weighted by Crippen LogP contribution is -2.31. The second-order valence-corrected chi connectivity index (χ2v) is 7.85. The molecular formula is C21H16FN3OS2. The lowest BCUT2D eigenvalue weighted by atomic mass is 10.2. The number of thioether (sulfide) groups is 1. The number of fused-ring (bicyclic) bond motifs is 1. The molecule has 2 heterocycles. The van der Waals surface area contributed by atoms with Gasteiger partial charge in [0, 0.05) is 11.1 Å². The fourth-order valence-electron chi connectivity index (χ4n) is 2.87. The third-order valence-electron chi connectivity index (χ3n) is 4.22. The van der Waals surface area contributed by atoms with Gasteiger partial charge in [-0.1, -0.05) is 35.6 Å². The van der Waals surface area contributed by atoms with E-state index in [2.05, 4.69) is 9.97 Å². The molecule has 0 unspecified atom stereocenters. The van der Waals surface area contributed by atoms with Gasteiger partial charge in [-0.3, -0.25) is 14.7 Å². The molecule has 140 valence electrons. The molecular weight excluding hydrogens is 393 g/mol. The number of hydrogen-bond acceptors (Lipinski definition) is 5. The number of halogens is 1. The van der Waals surface area contributed by atoms with E-state index in [9.17, 15) is 9.18 Å². The number of nitrogens with zero attached hydrogens (tertiary/aromatic N) is 3. The van der Waals surface area contributed by atoms with Crippen molar-refractivity contribution in [1.82, 2.24) is 9.97 Å². The van der Waals surface area contributed by atoms with Crippen LogP contribution in [0.15, 0.2) is 71.8 Å². The highest BCUT2D eigenvalue weighted by Crippen LogP contribution is 2.33. The number of rotatable bonds is 5. The SMILES string of the molecule is CSc1ccccc1C(=O)N(Cc1ccccn1)c1nc2c(F)cccc2s1. The number of thiazole rings is 1. The average molecular weight is 410 g/mol. The topological polar surface area (TPSA) is 46.1 Å². The Morgan fingerprint density at radius 1 is 1.11 bits per heavy atom. The molecule has 1 amide bonds. The predicted molar refractivity (Wildman–Crippen MR) is 113 cm³/mol. The first-order chi connectivity index (χ1) is 13.7. The van der Waals surface area contributed by atoms with Crippen LogP contribution in [0.2, 0.25) is 0 Å². The van der Waals surface area contributed by atoms with Crippen LogP contribution in [0.3, 0.4) is 0 Å². The van der Waals surface area contributed by atoms with Crippen molar-refractivity contribution < 1.29 is 9.18 Å². The summed E-state index contributed by atoms with van der Waals surface area (Å²) in [6.07, 6.45) is 3.62. The van der Waals surface area contributed by atoms with Crippen LogP contribution in [0.25, 0.3) is 10.2 Å². The first-order valence-electron chi connectivity index (χ1n) is 8.57. The maximum absolute atomic E-state index is 14.2. The van der Waals surface area contributed by atoms with Gasteiger partial charge in [0.25, 0.3) is 5.91 Å². The summed E-state index contributed by atoms with van der Waals surface area (Å²) in [4.78, 5) is 24.7. The maximum atomic E-state index is 14.2. The summed E-state index contributed by atoms with van der Waals surface area (Å²) in [6.45, 7) is 0.254. The predicted octanol–water partition coefficient (Wildman–Crippen LogP) is 5.40. The smallest absolute Gasteiger partial charge is 0.261 e. The maximum Gasteiger partial charge on any atom is 0.261 e. The van der Waals surface area contributed by atoms with Gasteiger partial charge in [0.1, 0.15) is 11.3 Å². The van der Waals surface area contributed by atoms with Gasteiger partial charge in [-0.05, 0) is 42.7 Å². The van der Waals surface area contributed by atoms with Crippen LogP contribution in [-0.2, 0) is 6.54 Å². The number of benzene rings is 2. The van der Waals surface area contributed by atoms with Crippen LogP contribution < -0.4 is 4.90 Å². The third-order valence-corrected chi connectivity index (χ3v) is 6.06. The highest BCUT2D eigenvalue weighted by molar-refractivity contribution is 7.98. The second kappa shape index (κ2) is 8.08. The zero-order valence-corrected chi connectivity index (χ0v) is 16.6. The number of aromatic nitrogens is 2. The Bertz CT molecular complexity index is 1130. The molecule has 7 heteroatoms. The summed E-state index contributed by atoms with van der Waals surface area (Å²) in [6, 6.07) is 17.8. The van der Waals surface area contributed by atoms with Gasteiger partial charge in [-0.15, -0.1) is 11.8 Å². The van der Waals surface area contributed by atoms with E-state index in [0.717, 1.165) is 10.6 Å². The third kappa shape index (κ3) is 3.63. The molecule has 2 aromatic heterocycles. The zero-order chi connectivity index (χ0) is 19.5. The fraction of sp³-hybridized carbons (Fsp3) is 0.0952. The van der Waals surface area contributed by atoms with Crippen molar-refractivity contribution in [2.45, 2.75) is 11.4 Å². The molecule has 4 rings (SSSR count). The molecule has 4 nitrogen and oxygen atoms in total. The molecule has 0 saturated heterocycles. The minimum absolute atomic E-state index is 0.185. The van der Waals surface area contributed by atoms with Crippen molar-refractivity contribution in [3.05, 3.63) is 83.9 Å². The van der Waals surface area contributed by atoms with Crippen molar-refractivity contribution in [1.29, 1.82) is 0 Å². The van der Waals surface area contributed by atoms with Crippen LogP contribution in [0.1, 0.15) is 16.1 Å². The Hall–Kier alpha value is -2.77. The molecule has 0 atom stereocenters. The van der Waals surface area contributed by atoms with Gasteiger partial charge in [0.15, 0.2) is 5.13 Å². The summed E-state index contributed by atoms with van der Waals surface area (Å²) in [5, 5.41) is 0.451. The minimum atomic E-state index is -0.394. The van der Waals surface area contributed by atoms with Crippen molar-refractivity contribution >= 4 is 44.4 Å². The van der Waals surface area contributed by atoms with E-state index >= 15 is 0 Å². The highest BCUT2D eigenvalue weighted by atomic mass is 32.2. The largest absolute Gasteiger partial charge is 0.278 e. The zero-order valence-electron chi connectivity index (χ0n) is 15.0. The van der Waals surface area contributed by atoms with Crippen LogP contribution >= 0.6 is 23.1 Å². The summed E-state index contributed by atoms with van der Waals surface area (Å²) >= 11 is 2.80. The second-order valence-electron chi connectivity index (χ2n) is 6.00. The van der Waals surface area contributed by atoms with E-state index in [0.29, 0.717) is 15.4 Å². The molecule has 4 aromatic rings. The molecule has 28 heavy (non-hydrogen) atoms. The number of anilines is 1. The number of amides is 1. The molecule has 0 spiro atoms. The normalized spacial score (nSPS) is 10.9. The first-order valence-corrected chi connectivity index (χ1v) is 10.6. The standard InChI is InChI=1S/C21H16FN3OS2/c1-27-17-10-3-2-8-15(17)20(26)25(13-14-7-4-5-12-23-14)21-24-19-16(22)9-6-11-18(19)28-21/h2-12H,13H2,1H3. The van der Waals surface area contributed by atoms with E-state index in [1.807, 2.05) is 42.7 Å². The number of hydrogen-bond donors (Lipinski definition) is 0. The number of pyridine rings is 1. The first kappa shape index (κ1) is 18.6. The number of para-hydroxylation sites is 1. The molecule has 0 aliphatic heterocycles. The quantitative estimate of drug-likeness (QED) is 0.414. The van der Waals surface area contributed by atoms with E-state index in [4.69, 9.17) is 0 Å². The molecule has 0 fully saturated rings. The van der Waals surface area contributed by atoms with E-state index in [1.165, 1.54) is 29.2 Å². The molecule has 0 saturated carbocycles. The Labute approximate surface area is 170 Å². The molecule has 0 radical (unpaired) electrons. The van der Waals surface area contributed by atoms with E-state index in [-0.39, 0.29) is 18.0 Å². The Kier molecular flexibility index (Phi) is 5.36. The van der Waals surface area contributed by atoms with Crippen molar-refractivity contribution in [3.63, 3.8) is 0 Å². The minimum Gasteiger partial charge on any atom is -0.278 e. The van der Waals surface area contributed by atoms with Gasteiger partial charge in [0.05, 0.1) is 22.5 Å². The number of carbonyl (C=O) groups excluding carboxylic acids is 1. The average Bonchev–Trinajstić information content (AvgIpc) is 3.17. The molecule has 0 bridgehead atoms. The Balaban J connectivity index is 1.81. The monoisotopic (exact) mass is 409 g/mol. The van der Waals surface area contributed by atoms with Crippen molar-refractivity contribution in [2.75, 3.05) is 11.2 Å². The van der Waals surface area contributed by atoms with Crippen LogP contribution in [0, 0.1) is 5.82 Å². The highest BCUT2D eigenvalue weighted by Gasteiger charge is 2.24. The van der Waals surface area contributed by atoms with Crippen LogP contribution in [0.4, 0.5) is 9.52 Å². The van der Waals surface area contributed by atoms with E-state index in [1.54, 1.807) is 29.3 Å². The Morgan fingerprint density at radius 3 is 2.68 bits per heavy atom. The summed E-state index contributed by atoms with van der Waals surface area (Å²) in [5.41, 5.74) is 1.60. The summed E-state index contributed by atoms with van der Waals surface area (Å²) in [7, 11) is 0. The summed E-state index contributed by atoms with van der Waals surface area (Å²) in [5.74, 6) is -0.579. The van der Waals surface area contributed by atoms with Crippen LogP contribution in [0.5, 0.6) is 0 Å². The van der Waals surface area contributed by atoms with Gasteiger partial charge < -0.3 is 0 Å².